The maximum absolute atomic E-state index is 8.83. The Morgan fingerprint density at radius 2 is 2.16 bits per heavy atom. The molecule has 5 heteroatoms. The molecule has 0 unspecified atom stereocenters. The summed E-state index contributed by atoms with van der Waals surface area (Å²) in [6, 6.07) is 9.69. The highest BCUT2D eigenvalue weighted by Gasteiger charge is 2.10. The van der Waals surface area contributed by atoms with Gasteiger partial charge in [0.25, 0.3) is 0 Å². The van der Waals surface area contributed by atoms with Gasteiger partial charge in [-0.25, -0.2) is 4.98 Å². The van der Waals surface area contributed by atoms with Crippen molar-refractivity contribution in [1.82, 2.24) is 9.97 Å². The first-order valence-corrected chi connectivity index (χ1v) is 6.74. The molecule has 96 valence electrons. The van der Waals surface area contributed by atoms with Crippen LogP contribution < -0.4 is 4.74 Å². The minimum atomic E-state index is -0.00398. The Morgan fingerprint density at radius 1 is 1.21 bits per heavy atom. The molecular formula is C14H12N2O2S. The summed E-state index contributed by atoms with van der Waals surface area (Å²) in [5.74, 6) is 0.706. The van der Waals surface area contributed by atoms with Crippen LogP contribution in [0.2, 0.25) is 0 Å². The van der Waals surface area contributed by atoms with E-state index < -0.39 is 0 Å². The fraction of sp³-hybridized carbons (Fsp3) is 0.143. The molecule has 19 heavy (non-hydrogen) atoms. The van der Waals surface area contributed by atoms with Gasteiger partial charge in [-0.15, -0.1) is 11.3 Å². The lowest BCUT2D eigenvalue weighted by molar-refractivity contribution is 0.202. The largest absolute Gasteiger partial charge is 0.489 e. The van der Waals surface area contributed by atoms with E-state index in [0.29, 0.717) is 5.75 Å². The Labute approximate surface area is 114 Å². The number of fused-ring (bicyclic) bond motifs is 1. The second kappa shape index (κ2) is 5.34. The molecule has 0 radical (unpaired) electrons. The number of aromatic nitrogens is 2. The molecule has 0 saturated heterocycles. The third-order valence-corrected chi connectivity index (χ3v) is 3.71. The van der Waals surface area contributed by atoms with Gasteiger partial charge in [-0.1, -0.05) is 6.07 Å². The zero-order valence-electron chi connectivity index (χ0n) is 10.1. The number of nitrogens with zero attached hydrogens (tertiary/aromatic N) is 2. The molecule has 0 fully saturated rings. The number of ether oxygens (including phenoxy) is 1. The van der Waals surface area contributed by atoms with Gasteiger partial charge in [0.1, 0.15) is 22.9 Å². The molecule has 2 heterocycles. The fourth-order valence-corrected chi connectivity index (χ4v) is 2.78. The standard InChI is InChI=1S/C14H12N2O2S/c17-7-8-18-11-4-1-5-12-13(11)16-14(19-12)10-3-2-6-15-9-10/h1-6,9,17H,7-8H2. The van der Waals surface area contributed by atoms with Crippen molar-refractivity contribution in [3.8, 4) is 16.3 Å². The van der Waals surface area contributed by atoms with Crippen molar-refractivity contribution in [1.29, 1.82) is 0 Å². The van der Waals surface area contributed by atoms with Crippen LogP contribution >= 0.6 is 11.3 Å². The molecule has 1 aromatic carbocycles. The van der Waals surface area contributed by atoms with Gasteiger partial charge < -0.3 is 9.84 Å². The monoisotopic (exact) mass is 272 g/mol. The summed E-state index contributed by atoms with van der Waals surface area (Å²) in [4.78, 5) is 8.71. The number of aliphatic hydroxyl groups is 1. The van der Waals surface area contributed by atoms with Gasteiger partial charge in [0, 0.05) is 18.0 Å². The van der Waals surface area contributed by atoms with Crippen LogP contribution in [0.25, 0.3) is 20.8 Å². The number of hydrogen-bond acceptors (Lipinski definition) is 5. The number of pyridine rings is 1. The molecule has 0 amide bonds. The Morgan fingerprint density at radius 3 is 2.95 bits per heavy atom. The van der Waals surface area contributed by atoms with Crippen LogP contribution in [-0.2, 0) is 0 Å². The first-order valence-electron chi connectivity index (χ1n) is 5.92. The molecule has 0 aliphatic carbocycles. The number of rotatable bonds is 4. The molecule has 0 aliphatic heterocycles. The lowest BCUT2D eigenvalue weighted by Gasteiger charge is -2.03. The van der Waals surface area contributed by atoms with Gasteiger partial charge in [-0.3, -0.25) is 4.98 Å². The summed E-state index contributed by atoms with van der Waals surface area (Å²) in [7, 11) is 0. The number of thiazole rings is 1. The average Bonchev–Trinajstić information content (AvgIpc) is 2.90. The van der Waals surface area contributed by atoms with E-state index in [4.69, 9.17) is 9.84 Å². The van der Waals surface area contributed by atoms with Crippen molar-refractivity contribution in [2.75, 3.05) is 13.2 Å². The van der Waals surface area contributed by atoms with Gasteiger partial charge in [0.15, 0.2) is 0 Å². The number of aliphatic hydroxyl groups excluding tert-OH is 1. The molecule has 4 nitrogen and oxygen atoms in total. The summed E-state index contributed by atoms with van der Waals surface area (Å²) >= 11 is 1.60. The summed E-state index contributed by atoms with van der Waals surface area (Å²) in [5.41, 5.74) is 1.83. The Hall–Kier alpha value is -1.98. The van der Waals surface area contributed by atoms with E-state index in [1.165, 1.54) is 0 Å². The predicted molar refractivity (Wildman–Crippen MR) is 75.4 cm³/mol. The van der Waals surface area contributed by atoms with Crippen molar-refractivity contribution in [2.45, 2.75) is 0 Å². The molecule has 0 saturated carbocycles. The van der Waals surface area contributed by atoms with Gasteiger partial charge in [0.05, 0.1) is 11.3 Å². The molecule has 0 atom stereocenters. The van der Waals surface area contributed by atoms with Gasteiger partial charge in [0.2, 0.25) is 0 Å². The highest BCUT2D eigenvalue weighted by Crippen LogP contribution is 2.34. The highest BCUT2D eigenvalue weighted by molar-refractivity contribution is 7.21. The minimum Gasteiger partial charge on any atom is -0.489 e. The number of benzene rings is 1. The molecule has 3 rings (SSSR count). The number of para-hydroxylation sites is 1. The van der Waals surface area contributed by atoms with E-state index in [1.807, 2.05) is 30.3 Å². The molecule has 3 aromatic rings. The third-order valence-electron chi connectivity index (χ3n) is 2.64. The van der Waals surface area contributed by atoms with Gasteiger partial charge in [-0.05, 0) is 24.3 Å². The lowest BCUT2D eigenvalue weighted by Crippen LogP contribution is -2.01. The van der Waals surface area contributed by atoms with Gasteiger partial charge in [-0.2, -0.15) is 0 Å². The Kier molecular flexibility index (Phi) is 3.39. The molecule has 0 spiro atoms. The number of hydrogen-bond donors (Lipinski definition) is 1. The molecule has 0 aliphatic rings. The van der Waals surface area contributed by atoms with Crippen molar-refractivity contribution in [3.05, 3.63) is 42.7 Å². The van der Waals surface area contributed by atoms with E-state index in [9.17, 15) is 0 Å². The lowest BCUT2D eigenvalue weighted by atomic mass is 10.3. The second-order valence-corrected chi connectivity index (χ2v) is 4.97. The zero-order valence-corrected chi connectivity index (χ0v) is 10.9. The maximum Gasteiger partial charge on any atom is 0.146 e. The van der Waals surface area contributed by atoms with E-state index >= 15 is 0 Å². The van der Waals surface area contributed by atoms with Crippen molar-refractivity contribution in [3.63, 3.8) is 0 Å². The van der Waals surface area contributed by atoms with Crippen LogP contribution in [0.1, 0.15) is 0 Å². The van der Waals surface area contributed by atoms with Crippen molar-refractivity contribution >= 4 is 21.6 Å². The van der Waals surface area contributed by atoms with E-state index in [1.54, 1.807) is 23.7 Å². The molecule has 0 bridgehead atoms. The fourth-order valence-electron chi connectivity index (χ4n) is 1.81. The smallest absolute Gasteiger partial charge is 0.146 e. The molecule has 2 aromatic heterocycles. The third kappa shape index (κ3) is 2.43. The van der Waals surface area contributed by atoms with Crippen LogP contribution in [0, 0.1) is 0 Å². The normalized spacial score (nSPS) is 10.8. The van der Waals surface area contributed by atoms with Crippen molar-refractivity contribution < 1.29 is 9.84 Å². The maximum atomic E-state index is 8.83. The van der Waals surface area contributed by atoms with Crippen LogP contribution in [-0.4, -0.2) is 28.3 Å². The van der Waals surface area contributed by atoms with E-state index in [-0.39, 0.29) is 13.2 Å². The average molecular weight is 272 g/mol. The van der Waals surface area contributed by atoms with E-state index in [0.717, 1.165) is 20.8 Å². The van der Waals surface area contributed by atoms with Crippen LogP contribution in [0.5, 0.6) is 5.75 Å². The minimum absolute atomic E-state index is 0.00398. The molecule has 1 N–H and O–H groups in total. The zero-order chi connectivity index (χ0) is 13.1. The topological polar surface area (TPSA) is 55.2 Å². The first-order chi connectivity index (χ1) is 9.38. The summed E-state index contributed by atoms with van der Waals surface area (Å²) in [6.07, 6.45) is 3.54. The van der Waals surface area contributed by atoms with Crippen LogP contribution in [0.3, 0.4) is 0 Å². The summed E-state index contributed by atoms with van der Waals surface area (Å²) in [5, 5.41) is 9.75. The summed E-state index contributed by atoms with van der Waals surface area (Å²) in [6.45, 7) is 0.273. The Balaban J connectivity index is 2.05. The predicted octanol–water partition coefficient (Wildman–Crippen LogP) is 2.73. The molecular weight excluding hydrogens is 260 g/mol. The first kappa shape index (κ1) is 12.1. The Bertz CT molecular complexity index is 682. The van der Waals surface area contributed by atoms with Crippen LogP contribution in [0.4, 0.5) is 0 Å². The SMILES string of the molecule is OCCOc1cccc2sc(-c3cccnc3)nc12. The quantitative estimate of drug-likeness (QED) is 0.793. The van der Waals surface area contributed by atoms with E-state index in [2.05, 4.69) is 9.97 Å². The summed E-state index contributed by atoms with van der Waals surface area (Å²) < 4.78 is 6.56. The second-order valence-electron chi connectivity index (χ2n) is 3.94. The van der Waals surface area contributed by atoms with Gasteiger partial charge >= 0.3 is 0 Å². The van der Waals surface area contributed by atoms with Crippen LogP contribution in [0.15, 0.2) is 42.7 Å². The highest BCUT2D eigenvalue weighted by atomic mass is 32.1. The van der Waals surface area contributed by atoms with Crippen molar-refractivity contribution in [2.24, 2.45) is 0 Å².